The minimum Gasteiger partial charge on any atom is -0.327 e. The number of rotatable bonds is 2. The third kappa shape index (κ3) is 3.24. The zero-order valence-corrected chi connectivity index (χ0v) is 15.5. The lowest BCUT2D eigenvalue weighted by atomic mass is 10.1. The zero-order valence-electron chi connectivity index (χ0n) is 14.0. The number of aromatic nitrogens is 1. The summed E-state index contributed by atoms with van der Waals surface area (Å²) in [6.07, 6.45) is 1.43. The van der Waals surface area contributed by atoms with Gasteiger partial charge in [-0.3, -0.25) is 14.4 Å². The Morgan fingerprint density at radius 2 is 2.04 bits per heavy atom. The van der Waals surface area contributed by atoms with Crippen LogP contribution in [0.1, 0.15) is 33.7 Å². The SMILES string of the molecule is O=C(Nc1ccc2c(c1)C(=O)N1CCC[C@H]1C(=O)N2)c1nc(Cl)ccc1Cl. The van der Waals surface area contributed by atoms with Gasteiger partial charge in [-0.2, -0.15) is 0 Å². The van der Waals surface area contributed by atoms with E-state index in [2.05, 4.69) is 15.6 Å². The highest BCUT2D eigenvalue weighted by atomic mass is 35.5. The van der Waals surface area contributed by atoms with Crippen LogP contribution in [0.2, 0.25) is 10.2 Å². The summed E-state index contributed by atoms with van der Waals surface area (Å²) >= 11 is 11.8. The predicted molar refractivity (Wildman–Crippen MR) is 101 cm³/mol. The van der Waals surface area contributed by atoms with Crippen LogP contribution < -0.4 is 10.6 Å². The van der Waals surface area contributed by atoms with Crippen molar-refractivity contribution in [1.82, 2.24) is 9.88 Å². The summed E-state index contributed by atoms with van der Waals surface area (Å²) < 4.78 is 0. The van der Waals surface area contributed by atoms with Gasteiger partial charge >= 0.3 is 0 Å². The van der Waals surface area contributed by atoms with Crippen LogP contribution in [0, 0.1) is 0 Å². The second-order valence-corrected chi connectivity index (χ2v) is 7.12. The van der Waals surface area contributed by atoms with E-state index in [1.165, 1.54) is 18.2 Å². The summed E-state index contributed by atoms with van der Waals surface area (Å²) in [6.45, 7) is 0.537. The molecule has 4 rings (SSSR count). The molecule has 0 spiro atoms. The molecule has 1 aromatic heterocycles. The number of halogens is 2. The highest BCUT2D eigenvalue weighted by Crippen LogP contribution is 2.30. The number of benzene rings is 1. The molecule has 3 amide bonds. The van der Waals surface area contributed by atoms with Gasteiger partial charge in [0.05, 0.1) is 16.3 Å². The molecular formula is C18H14Cl2N4O3. The topological polar surface area (TPSA) is 91.4 Å². The molecule has 1 fully saturated rings. The van der Waals surface area contributed by atoms with Crippen LogP contribution in [0.4, 0.5) is 11.4 Å². The van der Waals surface area contributed by atoms with Gasteiger partial charge in [0.25, 0.3) is 11.8 Å². The van der Waals surface area contributed by atoms with Crippen molar-refractivity contribution in [3.8, 4) is 0 Å². The van der Waals surface area contributed by atoms with Gasteiger partial charge in [-0.1, -0.05) is 23.2 Å². The largest absolute Gasteiger partial charge is 0.327 e. The molecular weight excluding hydrogens is 391 g/mol. The van der Waals surface area contributed by atoms with Crippen LogP contribution in [0.15, 0.2) is 30.3 Å². The van der Waals surface area contributed by atoms with Gasteiger partial charge in [-0.15, -0.1) is 0 Å². The molecule has 1 aromatic carbocycles. The van der Waals surface area contributed by atoms with Crippen molar-refractivity contribution in [2.45, 2.75) is 18.9 Å². The molecule has 27 heavy (non-hydrogen) atoms. The lowest BCUT2D eigenvalue weighted by molar-refractivity contribution is -0.119. The van der Waals surface area contributed by atoms with Crippen molar-refractivity contribution < 1.29 is 14.4 Å². The maximum atomic E-state index is 12.8. The summed E-state index contributed by atoms with van der Waals surface area (Å²) in [7, 11) is 0. The van der Waals surface area contributed by atoms with Crippen molar-refractivity contribution in [3.63, 3.8) is 0 Å². The first-order chi connectivity index (χ1) is 12.9. The number of anilines is 2. The molecule has 2 N–H and O–H groups in total. The van der Waals surface area contributed by atoms with Gasteiger partial charge < -0.3 is 15.5 Å². The quantitative estimate of drug-likeness (QED) is 0.751. The molecule has 0 aliphatic carbocycles. The molecule has 2 aromatic rings. The summed E-state index contributed by atoms with van der Waals surface area (Å²) in [5.41, 5.74) is 1.13. The number of carbonyl (C=O) groups is 3. The summed E-state index contributed by atoms with van der Waals surface area (Å²) in [6, 6.07) is 7.24. The summed E-state index contributed by atoms with van der Waals surface area (Å²) in [4.78, 5) is 43.1. The van der Waals surface area contributed by atoms with E-state index in [0.717, 1.165) is 6.42 Å². The molecule has 0 saturated carbocycles. The fourth-order valence-corrected chi connectivity index (χ4v) is 3.67. The number of hydrogen-bond donors (Lipinski definition) is 2. The molecule has 1 saturated heterocycles. The maximum Gasteiger partial charge on any atom is 0.275 e. The van der Waals surface area contributed by atoms with Crippen molar-refractivity contribution in [2.24, 2.45) is 0 Å². The minimum absolute atomic E-state index is 0.0154. The van der Waals surface area contributed by atoms with Crippen molar-refractivity contribution in [2.75, 3.05) is 17.2 Å². The molecule has 0 unspecified atom stereocenters. The summed E-state index contributed by atoms with van der Waals surface area (Å²) in [5, 5.41) is 5.75. The van der Waals surface area contributed by atoms with Crippen LogP contribution in [0.5, 0.6) is 0 Å². The van der Waals surface area contributed by atoms with Gasteiger partial charge in [0.15, 0.2) is 0 Å². The van der Waals surface area contributed by atoms with E-state index in [4.69, 9.17) is 23.2 Å². The Bertz CT molecular complexity index is 979. The summed E-state index contributed by atoms with van der Waals surface area (Å²) in [5.74, 6) is -0.973. The van der Waals surface area contributed by atoms with E-state index < -0.39 is 11.9 Å². The Kier molecular flexibility index (Phi) is 4.49. The second kappa shape index (κ2) is 6.83. The lowest BCUT2D eigenvalue weighted by Gasteiger charge is -2.20. The van der Waals surface area contributed by atoms with Gasteiger partial charge in [-0.05, 0) is 43.2 Å². The van der Waals surface area contributed by atoms with E-state index in [1.54, 1.807) is 17.0 Å². The fraction of sp³-hybridized carbons (Fsp3) is 0.222. The average Bonchev–Trinajstić information content (AvgIpc) is 3.11. The molecule has 7 nitrogen and oxygen atoms in total. The smallest absolute Gasteiger partial charge is 0.275 e. The number of nitrogens with one attached hydrogen (secondary N) is 2. The van der Waals surface area contributed by atoms with E-state index in [0.29, 0.717) is 29.9 Å². The molecule has 2 aliphatic rings. The number of carbonyl (C=O) groups excluding carboxylic acids is 3. The Balaban J connectivity index is 1.64. The Morgan fingerprint density at radius 3 is 2.85 bits per heavy atom. The van der Waals surface area contributed by atoms with E-state index in [-0.39, 0.29) is 27.7 Å². The van der Waals surface area contributed by atoms with E-state index >= 15 is 0 Å². The number of amides is 3. The number of pyridine rings is 1. The average molecular weight is 405 g/mol. The predicted octanol–water partition coefficient (Wildman–Crippen LogP) is 3.20. The van der Waals surface area contributed by atoms with Crippen LogP contribution in [-0.4, -0.2) is 40.2 Å². The van der Waals surface area contributed by atoms with Gasteiger partial charge in [-0.25, -0.2) is 4.98 Å². The number of hydrogen-bond acceptors (Lipinski definition) is 4. The monoisotopic (exact) mass is 404 g/mol. The van der Waals surface area contributed by atoms with Gasteiger partial charge in [0.2, 0.25) is 5.91 Å². The van der Waals surface area contributed by atoms with Crippen LogP contribution in [0.25, 0.3) is 0 Å². The van der Waals surface area contributed by atoms with Crippen LogP contribution in [0.3, 0.4) is 0 Å². The third-order valence-electron chi connectivity index (χ3n) is 4.61. The third-order valence-corrected chi connectivity index (χ3v) is 5.12. The molecule has 0 bridgehead atoms. The maximum absolute atomic E-state index is 12.8. The second-order valence-electron chi connectivity index (χ2n) is 6.32. The van der Waals surface area contributed by atoms with E-state index in [1.807, 2.05) is 0 Å². The zero-order chi connectivity index (χ0) is 19.1. The van der Waals surface area contributed by atoms with Crippen LogP contribution >= 0.6 is 23.2 Å². The Morgan fingerprint density at radius 1 is 1.22 bits per heavy atom. The van der Waals surface area contributed by atoms with Gasteiger partial charge in [0, 0.05) is 12.2 Å². The molecule has 0 radical (unpaired) electrons. The minimum atomic E-state index is -0.549. The highest BCUT2D eigenvalue weighted by Gasteiger charge is 2.38. The standard InChI is InChI=1S/C18H14Cl2N4O3/c19-11-4-6-14(20)23-15(11)17(26)21-9-3-5-12-10(8-9)18(27)24-7-1-2-13(24)16(25)22-12/h3-6,8,13H,1-2,7H2,(H,21,26)(H,22,25)/t13-/m0/s1. The van der Waals surface area contributed by atoms with Gasteiger partial charge in [0.1, 0.15) is 16.9 Å². The lowest BCUT2D eigenvalue weighted by Crippen LogP contribution is -2.40. The van der Waals surface area contributed by atoms with Crippen LogP contribution in [-0.2, 0) is 4.79 Å². The molecule has 1 atom stereocenters. The highest BCUT2D eigenvalue weighted by molar-refractivity contribution is 6.35. The first kappa shape index (κ1) is 17.8. The molecule has 138 valence electrons. The number of nitrogens with zero attached hydrogens (tertiary/aromatic N) is 2. The number of fused-ring (bicyclic) bond motifs is 2. The molecule has 2 aliphatic heterocycles. The molecule has 3 heterocycles. The Labute approximate surface area is 164 Å². The first-order valence-corrected chi connectivity index (χ1v) is 9.09. The Hall–Kier alpha value is -2.64. The molecule has 9 heteroatoms. The fourth-order valence-electron chi connectivity index (χ4n) is 3.33. The normalized spacial score (nSPS) is 18.4. The van der Waals surface area contributed by atoms with Crippen molar-refractivity contribution >= 4 is 52.3 Å². The first-order valence-electron chi connectivity index (χ1n) is 8.33. The van der Waals surface area contributed by atoms with Crippen molar-refractivity contribution in [1.29, 1.82) is 0 Å². The van der Waals surface area contributed by atoms with E-state index in [9.17, 15) is 14.4 Å². The van der Waals surface area contributed by atoms with Crippen molar-refractivity contribution in [3.05, 3.63) is 51.8 Å².